The molecule has 2 aromatic rings. The largest absolute Gasteiger partial charge is 0.349 e. The zero-order chi connectivity index (χ0) is 16.2. The molecule has 0 saturated carbocycles. The highest BCUT2D eigenvalue weighted by Gasteiger charge is 2.22. The average molecular weight is 350 g/mol. The Hall–Kier alpha value is -1.52. The molecular weight excluding hydrogens is 333 g/mol. The van der Waals surface area contributed by atoms with Gasteiger partial charge >= 0.3 is 0 Å². The van der Waals surface area contributed by atoms with E-state index in [1.54, 1.807) is 17.8 Å². The fourth-order valence-electron chi connectivity index (χ4n) is 2.69. The van der Waals surface area contributed by atoms with E-state index in [-0.39, 0.29) is 17.8 Å². The molecule has 1 atom stereocenters. The number of fused-ring (bicyclic) bond motifs is 1. The smallest absolute Gasteiger partial charge is 0.220 e. The Morgan fingerprint density at radius 2 is 2.04 bits per heavy atom. The predicted octanol–water partition coefficient (Wildman–Crippen LogP) is 4.77. The third kappa shape index (κ3) is 4.27. The van der Waals surface area contributed by atoms with Gasteiger partial charge in [0.25, 0.3) is 0 Å². The first-order valence-electron chi connectivity index (χ1n) is 7.58. The quantitative estimate of drug-likeness (QED) is 0.861. The van der Waals surface area contributed by atoms with E-state index in [1.165, 1.54) is 12.1 Å². The normalized spacial score (nSPS) is 16.7. The molecule has 120 valence electrons. The van der Waals surface area contributed by atoms with E-state index >= 15 is 0 Å². The topological polar surface area (TPSA) is 29.1 Å². The van der Waals surface area contributed by atoms with E-state index in [4.69, 9.17) is 11.6 Å². The standard InChI is InChI=1S/C18H17ClFNOS/c19-13-4-1-12(2-5-13)3-8-18(22)21-16-9-10-23-17-7-6-14(20)11-15(16)17/h1-2,4-7,11,16H,3,8-10H2,(H,21,22). The van der Waals surface area contributed by atoms with Gasteiger partial charge in [-0.1, -0.05) is 23.7 Å². The van der Waals surface area contributed by atoms with Crippen molar-refractivity contribution in [3.8, 4) is 0 Å². The Labute approximate surface area is 144 Å². The molecule has 3 rings (SSSR count). The summed E-state index contributed by atoms with van der Waals surface area (Å²) in [5.74, 6) is 0.666. The van der Waals surface area contributed by atoms with Gasteiger partial charge in [0, 0.05) is 22.1 Å². The summed E-state index contributed by atoms with van der Waals surface area (Å²) in [6.45, 7) is 0. The minimum Gasteiger partial charge on any atom is -0.349 e. The molecule has 1 unspecified atom stereocenters. The highest BCUT2D eigenvalue weighted by molar-refractivity contribution is 7.99. The van der Waals surface area contributed by atoms with E-state index in [9.17, 15) is 9.18 Å². The number of carbonyl (C=O) groups is 1. The summed E-state index contributed by atoms with van der Waals surface area (Å²) in [5, 5.41) is 3.73. The number of rotatable bonds is 4. The second-order valence-corrected chi connectivity index (χ2v) is 7.14. The van der Waals surface area contributed by atoms with Crippen LogP contribution >= 0.6 is 23.4 Å². The SMILES string of the molecule is O=C(CCc1ccc(Cl)cc1)NC1CCSc2ccc(F)cc21. The molecule has 2 nitrogen and oxygen atoms in total. The minimum absolute atomic E-state index is 0.00735. The molecule has 0 radical (unpaired) electrons. The maximum absolute atomic E-state index is 13.5. The van der Waals surface area contributed by atoms with Crippen molar-refractivity contribution in [3.63, 3.8) is 0 Å². The zero-order valence-corrected chi connectivity index (χ0v) is 14.1. The van der Waals surface area contributed by atoms with Crippen molar-refractivity contribution in [3.05, 3.63) is 64.4 Å². The number of carbonyl (C=O) groups excluding carboxylic acids is 1. The van der Waals surface area contributed by atoms with Gasteiger partial charge in [-0.3, -0.25) is 4.79 Å². The van der Waals surface area contributed by atoms with Crippen LogP contribution in [-0.2, 0) is 11.2 Å². The first-order chi connectivity index (χ1) is 11.1. The van der Waals surface area contributed by atoms with Crippen molar-refractivity contribution >= 4 is 29.3 Å². The van der Waals surface area contributed by atoms with Crippen LogP contribution in [0, 0.1) is 5.82 Å². The Bertz CT molecular complexity index is 705. The summed E-state index contributed by atoms with van der Waals surface area (Å²) < 4.78 is 13.5. The minimum atomic E-state index is -0.258. The summed E-state index contributed by atoms with van der Waals surface area (Å²) in [4.78, 5) is 13.3. The van der Waals surface area contributed by atoms with E-state index in [2.05, 4.69) is 5.32 Å². The van der Waals surface area contributed by atoms with Gasteiger partial charge in [0.2, 0.25) is 5.91 Å². The number of hydrogen-bond donors (Lipinski definition) is 1. The lowest BCUT2D eigenvalue weighted by Crippen LogP contribution is -2.30. The number of benzene rings is 2. The van der Waals surface area contributed by atoms with Crippen LogP contribution in [0.25, 0.3) is 0 Å². The molecule has 0 aliphatic carbocycles. The van der Waals surface area contributed by atoms with Gasteiger partial charge in [0.05, 0.1) is 6.04 Å². The van der Waals surface area contributed by atoms with Crippen molar-refractivity contribution in [2.45, 2.75) is 30.2 Å². The lowest BCUT2D eigenvalue weighted by Gasteiger charge is -2.26. The monoisotopic (exact) mass is 349 g/mol. The average Bonchev–Trinajstić information content (AvgIpc) is 2.55. The van der Waals surface area contributed by atoms with Crippen LogP contribution in [0.3, 0.4) is 0 Å². The summed E-state index contributed by atoms with van der Waals surface area (Å²) >= 11 is 7.56. The Morgan fingerprint density at radius 1 is 1.26 bits per heavy atom. The van der Waals surface area contributed by atoms with Gasteiger partial charge in [0.15, 0.2) is 0 Å². The predicted molar refractivity (Wildman–Crippen MR) is 92.4 cm³/mol. The zero-order valence-electron chi connectivity index (χ0n) is 12.5. The number of amides is 1. The molecule has 0 fully saturated rings. The highest BCUT2D eigenvalue weighted by atomic mass is 35.5. The second-order valence-electron chi connectivity index (χ2n) is 5.57. The molecule has 0 bridgehead atoms. The van der Waals surface area contributed by atoms with Gasteiger partial charge in [-0.05, 0) is 54.3 Å². The van der Waals surface area contributed by atoms with Crippen molar-refractivity contribution in [1.29, 1.82) is 0 Å². The van der Waals surface area contributed by atoms with Gasteiger partial charge in [-0.25, -0.2) is 4.39 Å². The summed E-state index contributed by atoms with van der Waals surface area (Å²) in [6, 6.07) is 12.2. The Kier molecular flexibility index (Phi) is 5.23. The third-order valence-electron chi connectivity index (χ3n) is 3.90. The molecular formula is C18H17ClFNOS. The number of aryl methyl sites for hydroxylation is 1. The van der Waals surface area contributed by atoms with Crippen molar-refractivity contribution in [2.24, 2.45) is 0 Å². The number of halogens is 2. The summed E-state index contributed by atoms with van der Waals surface area (Å²) in [6.07, 6.45) is 1.91. The van der Waals surface area contributed by atoms with E-state index < -0.39 is 0 Å². The maximum Gasteiger partial charge on any atom is 0.220 e. The summed E-state index contributed by atoms with van der Waals surface area (Å²) in [7, 11) is 0. The van der Waals surface area contributed by atoms with Gasteiger partial charge in [0.1, 0.15) is 5.82 Å². The van der Waals surface area contributed by atoms with Crippen molar-refractivity contribution in [1.82, 2.24) is 5.32 Å². The van der Waals surface area contributed by atoms with Crippen molar-refractivity contribution in [2.75, 3.05) is 5.75 Å². The molecule has 1 N–H and O–H groups in total. The van der Waals surface area contributed by atoms with E-state index in [1.807, 2.05) is 24.3 Å². The Balaban J connectivity index is 1.60. The lowest BCUT2D eigenvalue weighted by molar-refractivity contribution is -0.121. The van der Waals surface area contributed by atoms with E-state index in [0.29, 0.717) is 17.9 Å². The van der Waals surface area contributed by atoms with Crippen LogP contribution in [0.15, 0.2) is 47.4 Å². The fraction of sp³-hybridized carbons (Fsp3) is 0.278. The molecule has 2 aromatic carbocycles. The molecule has 5 heteroatoms. The van der Waals surface area contributed by atoms with Crippen LogP contribution in [-0.4, -0.2) is 11.7 Å². The molecule has 0 spiro atoms. The molecule has 0 aromatic heterocycles. The van der Waals surface area contributed by atoms with Crippen LogP contribution in [0.2, 0.25) is 5.02 Å². The van der Waals surface area contributed by atoms with Crippen LogP contribution in [0.4, 0.5) is 4.39 Å². The molecule has 0 saturated heterocycles. The maximum atomic E-state index is 13.5. The number of hydrogen-bond acceptors (Lipinski definition) is 2. The van der Waals surface area contributed by atoms with Gasteiger partial charge in [-0.15, -0.1) is 11.8 Å². The van der Waals surface area contributed by atoms with Gasteiger partial charge < -0.3 is 5.32 Å². The molecule has 1 aliphatic heterocycles. The van der Waals surface area contributed by atoms with Crippen molar-refractivity contribution < 1.29 is 9.18 Å². The van der Waals surface area contributed by atoms with E-state index in [0.717, 1.165) is 28.2 Å². The number of nitrogens with one attached hydrogen (secondary N) is 1. The molecule has 1 amide bonds. The second kappa shape index (κ2) is 7.37. The van der Waals surface area contributed by atoms with Gasteiger partial charge in [-0.2, -0.15) is 0 Å². The van der Waals surface area contributed by atoms with Crippen LogP contribution in [0.5, 0.6) is 0 Å². The molecule has 23 heavy (non-hydrogen) atoms. The number of thioether (sulfide) groups is 1. The molecule has 1 heterocycles. The van der Waals surface area contributed by atoms with Crippen LogP contribution in [0.1, 0.15) is 30.0 Å². The molecule has 1 aliphatic rings. The lowest BCUT2D eigenvalue weighted by atomic mass is 10.0. The third-order valence-corrected chi connectivity index (χ3v) is 5.28. The first kappa shape index (κ1) is 16.3. The summed E-state index contributed by atoms with van der Waals surface area (Å²) in [5.41, 5.74) is 1.97. The first-order valence-corrected chi connectivity index (χ1v) is 8.94. The van der Waals surface area contributed by atoms with Crippen LogP contribution < -0.4 is 5.32 Å². The highest BCUT2D eigenvalue weighted by Crippen LogP contribution is 2.36. The fourth-order valence-corrected chi connectivity index (χ4v) is 3.92. The Morgan fingerprint density at radius 3 is 2.83 bits per heavy atom.